The van der Waals surface area contributed by atoms with E-state index in [1.807, 2.05) is 24.4 Å². The lowest BCUT2D eigenvalue weighted by Gasteiger charge is -2.06. The number of hydrogen-bond donors (Lipinski definition) is 1. The van der Waals surface area contributed by atoms with Gasteiger partial charge in [-0.3, -0.25) is 9.59 Å². The second-order valence-corrected chi connectivity index (χ2v) is 5.57. The lowest BCUT2D eigenvalue weighted by atomic mass is 9.95. The number of ketones is 2. The average Bonchev–Trinajstić information content (AvgIpc) is 3.14. The van der Waals surface area contributed by atoms with Crippen molar-refractivity contribution in [1.82, 2.24) is 4.98 Å². The van der Waals surface area contributed by atoms with E-state index in [0.717, 1.165) is 11.1 Å². The SMILES string of the molecule is CON=NCc1ccc2[nH]ccc2c1.O=C1C=CC(=O)c2ccccc21. The summed E-state index contributed by atoms with van der Waals surface area (Å²) >= 11 is 0. The third-order valence-electron chi connectivity index (χ3n) is 3.85. The smallest absolute Gasteiger partial charge is 0.186 e. The van der Waals surface area contributed by atoms with E-state index in [9.17, 15) is 9.59 Å². The molecule has 1 aliphatic rings. The lowest BCUT2D eigenvalue weighted by Crippen LogP contribution is -2.10. The van der Waals surface area contributed by atoms with Gasteiger partial charge in [-0.05, 0) is 41.3 Å². The highest BCUT2D eigenvalue weighted by Crippen LogP contribution is 2.16. The van der Waals surface area contributed by atoms with Gasteiger partial charge in [-0.2, -0.15) is 0 Å². The van der Waals surface area contributed by atoms with Crippen LogP contribution in [0.3, 0.4) is 0 Å². The van der Waals surface area contributed by atoms with E-state index >= 15 is 0 Å². The Labute approximate surface area is 150 Å². The van der Waals surface area contributed by atoms with Gasteiger partial charge in [0, 0.05) is 28.1 Å². The first kappa shape index (κ1) is 17.3. The van der Waals surface area contributed by atoms with Crippen molar-refractivity contribution in [3.63, 3.8) is 0 Å². The van der Waals surface area contributed by atoms with Gasteiger partial charge in [0.2, 0.25) is 0 Å². The molecule has 1 N–H and O–H groups in total. The minimum Gasteiger partial charge on any atom is -0.383 e. The molecule has 0 amide bonds. The minimum atomic E-state index is -0.0924. The number of allylic oxidation sites excluding steroid dienone is 2. The van der Waals surface area contributed by atoms with Crippen LogP contribution in [0.25, 0.3) is 10.9 Å². The summed E-state index contributed by atoms with van der Waals surface area (Å²) in [5.74, 6) is -0.185. The number of nitrogens with zero attached hydrogens (tertiary/aromatic N) is 2. The lowest BCUT2D eigenvalue weighted by molar-refractivity contribution is 0.0994. The monoisotopic (exact) mass is 347 g/mol. The Hall–Kier alpha value is -3.54. The van der Waals surface area contributed by atoms with Crippen molar-refractivity contribution in [2.75, 3.05) is 7.11 Å². The molecule has 26 heavy (non-hydrogen) atoms. The van der Waals surface area contributed by atoms with Crippen LogP contribution < -0.4 is 0 Å². The molecule has 3 aromatic rings. The van der Waals surface area contributed by atoms with Crippen molar-refractivity contribution in [1.29, 1.82) is 0 Å². The molecule has 0 unspecified atom stereocenters. The fourth-order valence-electron chi connectivity index (χ4n) is 2.61. The number of aromatic nitrogens is 1. The predicted molar refractivity (Wildman–Crippen MR) is 98.1 cm³/mol. The Morgan fingerprint density at radius 3 is 2.31 bits per heavy atom. The van der Waals surface area contributed by atoms with Crippen molar-refractivity contribution in [3.05, 3.63) is 83.6 Å². The Bertz CT molecular complexity index is 965. The summed E-state index contributed by atoms with van der Waals surface area (Å²) in [7, 11) is 1.48. The van der Waals surface area contributed by atoms with Gasteiger partial charge in [-0.25, -0.2) is 0 Å². The normalized spacial score (nSPS) is 12.8. The van der Waals surface area contributed by atoms with Crippen LogP contribution in [0.1, 0.15) is 26.3 Å². The molecule has 0 bridgehead atoms. The standard InChI is InChI=1S/C10H11N3O.C10H6O2/c1-14-13-12-7-8-2-3-10-9(6-8)4-5-11-10;11-9-5-6-10(12)8-4-2-1-3-7(8)9/h2-6,11H,7H2,1H3;1-6H. The summed E-state index contributed by atoms with van der Waals surface area (Å²) < 4.78 is 0. The molecule has 1 aliphatic carbocycles. The minimum absolute atomic E-state index is 0.0924. The molecule has 0 radical (unpaired) electrons. The summed E-state index contributed by atoms with van der Waals surface area (Å²) in [4.78, 5) is 30.0. The molecule has 2 aromatic carbocycles. The quantitative estimate of drug-likeness (QED) is 0.566. The van der Waals surface area contributed by atoms with E-state index in [4.69, 9.17) is 0 Å². The van der Waals surface area contributed by atoms with Gasteiger partial charge < -0.3 is 9.82 Å². The summed E-state index contributed by atoms with van der Waals surface area (Å²) in [5.41, 5.74) is 3.27. The molecule has 0 fully saturated rings. The third kappa shape index (κ3) is 3.92. The molecule has 0 atom stereocenters. The number of benzene rings is 2. The van der Waals surface area contributed by atoms with Crippen LogP contribution in [-0.4, -0.2) is 23.7 Å². The van der Waals surface area contributed by atoms with Gasteiger partial charge in [0.05, 0.1) is 6.54 Å². The maximum atomic E-state index is 11.2. The van der Waals surface area contributed by atoms with E-state index in [0.29, 0.717) is 17.7 Å². The van der Waals surface area contributed by atoms with Crippen LogP contribution in [0.5, 0.6) is 0 Å². The van der Waals surface area contributed by atoms with Crippen LogP contribution in [0.4, 0.5) is 0 Å². The number of hydrogen-bond acceptors (Lipinski definition) is 5. The van der Waals surface area contributed by atoms with Gasteiger partial charge in [0.25, 0.3) is 0 Å². The highest BCUT2D eigenvalue weighted by Gasteiger charge is 2.16. The first-order valence-corrected chi connectivity index (χ1v) is 8.01. The summed E-state index contributed by atoms with van der Waals surface area (Å²) in [6, 6.07) is 15.0. The van der Waals surface area contributed by atoms with Crippen molar-refractivity contribution in [3.8, 4) is 0 Å². The zero-order chi connectivity index (χ0) is 18.4. The van der Waals surface area contributed by atoms with Crippen LogP contribution >= 0.6 is 0 Å². The van der Waals surface area contributed by atoms with Gasteiger partial charge >= 0.3 is 0 Å². The predicted octanol–water partition coefficient (Wildman–Crippen LogP) is 4.30. The highest BCUT2D eigenvalue weighted by molar-refractivity contribution is 6.21. The van der Waals surface area contributed by atoms with E-state index in [1.165, 1.54) is 24.6 Å². The molecule has 6 heteroatoms. The molecule has 130 valence electrons. The van der Waals surface area contributed by atoms with E-state index in [2.05, 4.69) is 26.3 Å². The molecular formula is C20H17N3O3. The van der Waals surface area contributed by atoms with Gasteiger partial charge in [-0.15, -0.1) is 5.11 Å². The molecule has 1 heterocycles. The summed E-state index contributed by atoms with van der Waals surface area (Å²) in [5, 5.41) is 8.49. The van der Waals surface area contributed by atoms with Crippen molar-refractivity contribution < 1.29 is 14.4 Å². The number of carbonyl (C=O) groups excluding carboxylic acids is 2. The van der Waals surface area contributed by atoms with Crippen molar-refractivity contribution in [2.45, 2.75) is 6.54 Å². The largest absolute Gasteiger partial charge is 0.383 e. The summed E-state index contributed by atoms with van der Waals surface area (Å²) in [6.45, 7) is 0.551. The topological polar surface area (TPSA) is 83.9 Å². The number of aromatic amines is 1. The Morgan fingerprint density at radius 1 is 0.962 bits per heavy atom. The zero-order valence-electron chi connectivity index (χ0n) is 14.2. The van der Waals surface area contributed by atoms with E-state index < -0.39 is 0 Å². The average molecular weight is 347 g/mol. The third-order valence-corrected chi connectivity index (χ3v) is 3.85. The molecular weight excluding hydrogens is 330 g/mol. The Morgan fingerprint density at radius 2 is 1.65 bits per heavy atom. The van der Waals surface area contributed by atoms with Crippen LogP contribution in [0.2, 0.25) is 0 Å². The van der Waals surface area contributed by atoms with Crippen molar-refractivity contribution >= 4 is 22.5 Å². The van der Waals surface area contributed by atoms with Crippen LogP contribution in [0, 0.1) is 0 Å². The molecule has 0 aliphatic heterocycles. The second kappa shape index (κ2) is 8.02. The maximum Gasteiger partial charge on any atom is 0.186 e. The van der Waals surface area contributed by atoms with Gasteiger partial charge in [0.1, 0.15) is 7.11 Å². The number of rotatable bonds is 3. The second-order valence-electron chi connectivity index (χ2n) is 5.57. The van der Waals surface area contributed by atoms with E-state index in [1.54, 1.807) is 24.3 Å². The Kier molecular flexibility index (Phi) is 5.34. The zero-order valence-corrected chi connectivity index (χ0v) is 14.2. The van der Waals surface area contributed by atoms with Crippen LogP contribution in [0.15, 0.2) is 77.3 Å². The number of fused-ring (bicyclic) bond motifs is 2. The fourth-order valence-corrected chi connectivity index (χ4v) is 2.61. The van der Waals surface area contributed by atoms with Gasteiger partial charge in [-0.1, -0.05) is 30.3 Å². The molecule has 0 saturated carbocycles. The van der Waals surface area contributed by atoms with Crippen LogP contribution in [-0.2, 0) is 11.4 Å². The molecule has 0 spiro atoms. The maximum absolute atomic E-state index is 11.2. The highest BCUT2D eigenvalue weighted by atomic mass is 16.6. The van der Waals surface area contributed by atoms with E-state index in [-0.39, 0.29) is 11.6 Å². The van der Waals surface area contributed by atoms with Gasteiger partial charge in [0.15, 0.2) is 11.6 Å². The molecule has 6 nitrogen and oxygen atoms in total. The number of nitrogens with one attached hydrogen (secondary N) is 1. The molecule has 4 rings (SSSR count). The van der Waals surface area contributed by atoms with Crippen molar-refractivity contribution in [2.24, 2.45) is 10.4 Å². The first-order chi connectivity index (χ1) is 12.7. The summed E-state index contributed by atoms with van der Waals surface area (Å²) in [6.07, 6.45) is 4.54. The fraction of sp³-hybridized carbons (Fsp3) is 0.100. The molecule has 0 saturated heterocycles. The Balaban J connectivity index is 0.000000152. The molecule has 1 aromatic heterocycles. The first-order valence-electron chi connectivity index (χ1n) is 8.01. The number of carbonyl (C=O) groups is 2. The number of H-pyrrole nitrogens is 1.